The molecule has 4 rings (SSSR count). The van der Waals surface area contributed by atoms with Crippen molar-refractivity contribution in [1.29, 1.82) is 0 Å². The monoisotopic (exact) mass is 353 g/mol. The van der Waals surface area contributed by atoms with E-state index in [0.717, 1.165) is 0 Å². The van der Waals surface area contributed by atoms with Crippen molar-refractivity contribution in [1.82, 2.24) is 4.98 Å². The van der Waals surface area contributed by atoms with Gasteiger partial charge in [0.15, 0.2) is 5.78 Å². The standard InChI is InChI=1S/C19H9Cl2NO2/c20-11-7-5-10(6-8-11)15-14(21)9-22-17-16(15)18(23)12-3-1-2-4-13(12)19(17)24/h1-9H. The molecule has 0 radical (unpaired) electrons. The third-order valence-electron chi connectivity index (χ3n) is 4.02. The number of fused-ring (bicyclic) bond motifs is 2. The van der Waals surface area contributed by atoms with Crippen molar-refractivity contribution in [2.75, 3.05) is 0 Å². The first-order valence-corrected chi connectivity index (χ1v) is 7.96. The number of rotatable bonds is 1. The van der Waals surface area contributed by atoms with Crippen LogP contribution in [0.25, 0.3) is 11.1 Å². The highest BCUT2D eigenvalue weighted by Crippen LogP contribution is 2.37. The van der Waals surface area contributed by atoms with Gasteiger partial charge in [-0.15, -0.1) is 0 Å². The molecule has 0 atom stereocenters. The molecule has 1 aliphatic carbocycles. The van der Waals surface area contributed by atoms with Crippen molar-refractivity contribution < 1.29 is 9.59 Å². The highest BCUT2D eigenvalue weighted by molar-refractivity contribution is 6.37. The van der Waals surface area contributed by atoms with E-state index in [2.05, 4.69) is 4.98 Å². The zero-order valence-corrected chi connectivity index (χ0v) is 13.7. The van der Waals surface area contributed by atoms with Gasteiger partial charge in [-0.1, -0.05) is 59.6 Å². The lowest BCUT2D eigenvalue weighted by Crippen LogP contribution is -2.23. The van der Waals surface area contributed by atoms with Crippen molar-refractivity contribution in [3.63, 3.8) is 0 Å². The van der Waals surface area contributed by atoms with E-state index in [0.29, 0.717) is 32.3 Å². The zero-order chi connectivity index (χ0) is 16.8. The van der Waals surface area contributed by atoms with Gasteiger partial charge in [0, 0.05) is 27.9 Å². The van der Waals surface area contributed by atoms with Gasteiger partial charge < -0.3 is 0 Å². The number of aromatic nitrogens is 1. The molecule has 116 valence electrons. The fourth-order valence-electron chi connectivity index (χ4n) is 2.92. The molecule has 0 bridgehead atoms. The first-order valence-electron chi connectivity index (χ1n) is 7.21. The summed E-state index contributed by atoms with van der Waals surface area (Å²) in [5.74, 6) is -0.521. The number of carbonyl (C=O) groups excluding carboxylic acids is 2. The van der Waals surface area contributed by atoms with Crippen LogP contribution >= 0.6 is 23.2 Å². The molecule has 1 aromatic heterocycles. The zero-order valence-electron chi connectivity index (χ0n) is 12.2. The molecule has 0 saturated carbocycles. The molecule has 3 aromatic rings. The Morgan fingerprint density at radius 1 is 0.750 bits per heavy atom. The van der Waals surface area contributed by atoms with Gasteiger partial charge in [-0.2, -0.15) is 0 Å². The van der Waals surface area contributed by atoms with Gasteiger partial charge in [0.1, 0.15) is 5.69 Å². The summed E-state index contributed by atoms with van der Waals surface area (Å²) in [5.41, 5.74) is 2.33. The Hall–Kier alpha value is -2.49. The molecule has 0 amide bonds. The third kappa shape index (κ3) is 2.17. The Bertz CT molecular complexity index is 1010. The molecule has 1 aliphatic rings. The summed E-state index contributed by atoms with van der Waals surface area (Å²) in [7, 11) is 0. The number of nitrogens with zero attached hydrogens (tertiary/aromatic N) is 1. The minimum Gasteiger partial charge on any atom is -0.288 e. The third-order valence-corrected chi connectivity index (χ3v) is 4.56. The highest BCUT2D eigenvalue weighted by Gasteiger charge is 2.33. The quantitative estimate of drug-likeness (QED) is 0.492. The molecule has 0 spiro atoms. The van der Waals surface area contributed by atoms with E-state index in [9.17, 15) is 9.59 Å². The first-order chi connectivity index (χ1) is 11.6. The molecule has 5 heteroatoms. The highest BCUT2D eigenvalue weighted by atomic mass is 35.5. The summed E-state index contributed by atoms with van der Waals surface area (Å²) in [6, 6.07) is 13.7. The number of carbonyl (C=O) groups is 2. The molecule has 0 unspecified atom stereocenters. The fourth-order valence-corrected chi connectivity index (χ4v) is 3.30. The van der Waals surface area contributed by atoms with Gasteiger partial charge in [0.2, 0.25) is 5.78 Å². The molecule has 0 fully saturated rings. The minimum absolute atomic E-state index is 0.132. The lowest BCUT2D eigenvalue weighted by atomic mass is 9.83. The lowest BCUT2D eigenvalue weighted by Gasteiger charge is -2.20. The van der Waals surface area contributed by atoms with Crippen LogP contribution in [0.1, 0.15) is 32.0 Å². The van der Waals surface area contributed by atoms with E-state index >= 15 is 0 Å². The van der Waals surface area contributed by atoms with Gasteiger partial charge in [-0.3, -0.25) is 14.6 Å². The van der Waals surface area contributed by atoms with Crippen molar-refractivity contribution >= 4 is 34.8 Å². The number of ketones is 2. The molecule has 0 saturated heterocycles. The second-order valence-electron chi connectivity index (χ2n) is 5.42. The largest absolute Gasteiger partial charge is 0.288 e. The summed E-state index contributed by atoms with van der Waals surface area (Å²) < 4.78 is 0. The van der Waals surface area contributed by atoms with Crippen molar-refractivity contribution in [3.05, 3.63) is 87.2 Å². The fraction of sp³-hybridized carbons (Fsp3) is 0. The van der Waals surface area contributed by atoms with Crippen LogP contribution in [-0.2, 0) is 0 Å². The molecular formula is C19H9Cl2NO2. The molecular weight excluding hydrogens is 345 g/mol. The van der Waals surface area contributed by atoms with Gasteiger partial charge in [-0.05, 0) is 17.7 Å². The van der Waals surface area contributed by atoms with Gasteiger partial charge in [0.25, 0.3) is 0 Å². The van der Waals surface area contributed by atoms with E-state index < -0.39 is 0 Å². The summed E-state index contributed by atoms with van der Waals surface area (Å²) in [4.78, 5) is 29.8. The smallest absolute Gasteiger partial charge is 0.212 e. The average Bonchev–Trinajstić information content (AvgIpc) is 2.60. The van der Waals surface area contributed by atoms with Crippen molar-refractivity contribution in [3.8, 4) is 11.1 Å². The topological polar surface area (TPSA) is 47.0 Å². The summed E-state index contributed by atoms with van der Waals surface area (Å²) >= 11 is 12.3. The number of pyridine rings is 1. The van der Waals surface area contributed by atoms with Crippen LogP contribution in [0.15, 0.2) is 54.7 Å². The van der Waals surface area contributed by atoms with E-state index in [1.165, 1.54) is 6.20 Å². The summed E-state index contributed by atoms with van der Waals surface area (Å²) in [6.07, 6.45) is 1.41. The van der Waals surface area contributed by atoms with Crippen LogP contribution in [0.3, 0.4) is 0 Å². The lowest BCUT2D eigenvalue weighted by molar-refractivity contribution is 0.0976. The Balaban J connectivity index is 2.04. The van der Waals surface area contributed by atoms with E-state index in [1.807, 2.05) is 0 Å². The van der Waals surface area contributed by atoms with Crippen LogP contribution in [0.4, 0.5) is 0 Å². The number of halogens is 2. The number of hydrogen-bond donors (Lipinski definition) is 0. The van der Waals surface area contributed by atoms with Crippen molar-refractivity contribution in [2.45, 2.75) is 0 Å². The van der Waals surface area contributed by atoms with Crippen LogP contribution in [0, 0.1) is 0 Å². The molecule has 1 heterocycles. The molecule has 0 aliphatic heterocycles. The maximum atomic E-state index is 13.0. The van der Waals surface area contributed by atoms with Crippen LogP contribution in [0.5, 0.6) is 0 Å². The predicted molar refractivity (Wildman–Crippen MR) is 93.0 cm³/mol. The van der Waals surface area contributed by atoms with Crippen LogP contribution in [-0.4, -0.2) is 16.6 Å². The molecule has 2 aromatic carbocycles. The second kappa shape index (κ2) is 5.55. The molecule has 3 nitrogen and oxygen atoms in total. The van der Waals surface area contributed by atoms with Crippen LogP contribution < -0.4 is 0 Å². The number of hydrogen-bond acceptors (Lipinski definition) is 3. The van der Waals surface area contributed by atoms with E-state index in [1.54, 1.807) is 48.5 Å². The van der Waals surface area contributed by atoms with Gasteiger partial charge in [-0.25, -0.2) is 0 Å². The predicted octanol–water partition coefficient (Wildman–Crippen LogP) is 4.83. The first kappa shape index (κ1) is 15.1. The van der Waals surface area contributed by atoms with E-state index in [4.69, 9.17) is 23.2 Å². The Labute approximate surface area is 147 Å². The summed E-state index contributed by atoms with van der Waals surface area (Å²) in [6.45, 7) is 0. The normalized spacial score (nSPS) is 12.8. The average molecular weight is 354 g/mol. The SMILES string of the molecule is O=C1c2ccccc2C(=O)c2c1ncc(Cl)c2-c1ccc(Cl)cc1. The Morgan fingerprint density at radius 2 is 1.38 bits per heavy atom. The maximum Gasteiger partial charge on any atom is 0.212 e. The second-order valence-corrected chi connectivity index (χ2v) is 6.26. The minimum atomic E-state index is -0.271. The molecule has 24 heavy (non-hydrogen) atoms. The Kier molecular flexibility index (Phi) is 3.48. The molecule has 0 N–H and O–H groups in total. The maximum absolute atomic E-state index is 13.0. The van der Waals surface area contributed by atoms with Crippen LogP contribution in [0.2, 0.25) is 10.0 Å². The van der Waals surface area contributed by atoms with Crippen molar-refractivity contribution in [2.24, 2.45) is 0 Å². The summed E-state index contributed by atoms with van der Waals surface area (Å²) in [5, 5.41) is 0.891. The Morgan fingerprint density at radius 3 is 2.04 bits per heavy atom. The van der Waals surface area contributed by atoms with E-state index in [-0.39, 0.29) is 22.8 Å². The van der Waals surface area contributed by atoms with Gasteiger partial charge in [0.05, 0.1) is 10.6 Å². The van der Waals surface area contributed by atoms with Gasteiger partial charge >= 0.3 is 0 Å². The number of benzene rings is 2.